The van der Waals surface area contributed by atoms with E-state index in [9.17, 15) is 9.59 Å². The number of hydrogen-bond acceptors (Lipinski definition) is 3. The first kappa shape index (κ1) is 16.0. The van der Waals surface area contributed by atoms with Crippen LogP contribution < -0.4 is 10.6 Å². The zero-order valence-electron chi connectivity index (χ0n) is 9.12. The van der Waals surface area contributed by atoms with Crippen molar-refractivity contribution in [2.24, 2.45) is 0 Å². The second kappa shape index (κ2) is 6.38. The first-order valence-electron chi connectivity index (χ1n) is 4.72. The average molecular weight is 342 g/mol. The highest BCUT2D eigenvalue weighted by atomic mass is 35.6. The summed E-state index contributed by atoms with van der Waals surface area (Å²) in [5.41, 5.74) is 0.454. The lowest BCUT2D eigenvalue weighted by Gasteiger charge is -2.13. The summed E-state index contributed by atoms with van der Waals surface area (Å²) in [7, 11) is 0. The third-order valence-corrected chi connectivity index (χ3v) is 2.57. The minimum atomic E-state index is -2.13. The lowest BCUT2D eigenvalue weighted by atomic mass is 10.2. The normalized spacial score (nSPS) is 10.7. The Labute approximate surface area is 128 Å². The highest BCUT2D eigenvalue weighted by Gasteiger charge is 2.31. The summed E-state index contributed by atoms with van der Waals surface area (Å²) >= 11 is 20.9. The third-order valence-electron chi connectivity index (χ3n) is 1.85. The maximum atomic E-state index is 11.3. The molecule has 0 heterocycles. The number of halogens is 3. The Morgan fingerprint density at radius 3 is 2.42 bits per heavy atom. The Hall–Kier alpha value is -1.08. The molecule has 0 saturated carbocycles. The Bertz CT molecular complexity index is 531. The highest BCUT2D eigenvalue weighted by molar-refractivity contribution is 7.80. The van der Waals surface area contributed by atoms with Crippen molar-refractivity contribution in [1.29, 1.82) is 0 Å². The van der Waals surface area contributed by atoms with Crippen molar-refractivity contribution in [2.75, 3.05) is 5.32 Å². The summed E-state index contributed by atoms with van der Waals surface area (Å²) in [6, 6.07) is 5.85. The summed E-state index contributed by atoms with van der Waals surface area (Å²) in [5.74, 6) is -2.00. The van der Waals surface area contributed by atoms with Gasteiger partial charge in [-0.2, -0.15) is 0 Å². The van der Waals surface area contributed by atoms with Gasteiger partial charge in [-0.3, -0.25) is 10.1 Å². The van der Waals surface area contributed by atoms with Crippen LogP contribution in [-0.2, 0) is 4.79 Å². The molecule has 1 rings (SSSR count). The number of carboxylic acid groups (broad SMARTS) is 1. The molecular weight excluding hydrogens is 335 g/mol. The Balaban J connectivity index is 2.70. The molecule has 0 saturated heterocycles. The van der Waals surface area contributed by atoms with Gasteiger partial charge in [0.05, 0.1) is 5.56 Å². The molecule has 0 atom stereocenters. The number of hydrogen-bond donors (Lipinski definition) is 3. The van der Waals surface area contributed by atoms with E-state index in [1.807, 2.05) is 0 Å². The highest BCUT2D eigenvalue weighted by Crippen LogP contribution is 2.25. The summed E-state index contributed by atoms with van der Waals surface area (Å²) in [6.07, 6.45) is 0. The molecule has 9 heteroatoms. The van der Waals surface area contributed by atoms with Crippen molar-refractivity contribution in [2.45, 2.75) is 3.79 Å². The fraction of sp³-hybridized carbons (Fsp3) is 0.100. The van der Waals surface area contributed by atoms with Crippen molar-refractivity contribution in [3.63, 3.8) is 0 Å². The number of anilines is 1. The largest absolute Gasteiger partial charge is 0.478 e. The van der Waals surface area contributed by atoms with E-state index in [2.05, 4.69) is 10.6 Å². The number of thiocarbonyl (C=S) groups is 1. The molecule has 0 radical (unpaired) electrons. The number of amides is 1. The molecule has 0 aliphatic rings. The van der Waals surface area contributed by atoms with Gasteiger partial charge in [0.25, 0.3) is 9.70 Å². The van der Waals surface area contributed by atoms with Gasteiger partial charge in [0.15, 0.2) is 5.11 Å². The number of alkyl halides is 3. The van der Waals surface area contributed by atoms with Crippen molar-refractivity contribution in [1.82, 2.24) is 5.32 Å². The maximum absolute atomic E-state index is 11.3. The van der Waals surface area contributed by atoms with Gasteiger partial charge in [-0.05, 0) is 30.4 Å². The molecule has 102 valence electrons. The van der Waals surface area contributed by atoms with Gasteiger partial charge in [-0.25, -0.2) is 4.79 Å². The van der Waals surface area contributed by atoms with Gasteiger partial charge in [-0.1, -0.05) is 40.9 Å². The van der Waals surface area contributed by atoms with E-state index in [0.717, 1.165) is 0 Å². The Morgan fingerprint density at radius 1 is 1.26 bits per heavy atom. The monoisotopic (exact) mass is 340 g/mol. The van der Waals surface area contributed by atoms with Crippen LogP contribution in [0.2, 0.25) is 0 Å². The van der Waals surface area contributed by atoms with E-state index in [-0.39, 0.29) is 10.7 Å². The van der Waals surface area contributed by atoms with E-state index in [1.54, 1.807) is 6.07 Å². The van der Waals surface area contributed by atoms with Crippen molar-refractivity contribution >= 4 is 69.7 Å². The van der Waals surface area contributed by atoms with E-state index in [4.69, 9.17) is 52.1 Å². The van der Waals surface area contributed by atoms with Crippen molar-refractivity contribution in [3.8, 4) is 0 Å². The maximum Gasteiger partial charge on any atom is 0.335 e. The van der Waals surface area contributed by atoms with Crippen molar-refractivity contribution in [3.05, 3.63) is 29.8 Å². The van der Waals surface area contributed by atoms with Crippen LogP contribution >= 0.6 is 47.0 Å². The van der Waals surface area contributed by atoms with Crippen molar-refractivity contribution < 1.29 is 14.7 Å². The van der Waals surface area contributed by atoms with Crippen LogP contribution in [0.15, 0.2) is 24.3 Å². The van der Waals surface area contributed by atoms with E-state index < -0.39 is 15.7 Å². The zero-order valence-corrected chi connectivity index (χ0v) is 12.2. The van der Waals surface area contributed by atoms with Crippen LogP contribution in [0.1, 0.15) is 10.4 Å². The van der Waals surface area contributed by atoms with Crippen LogP contribution in [0.4, 0.5) is 5.69 Å². The second-order valence-electron chi connectivity index (χ2n) is 3.29. The number of benzene rings is 1. The molecule has 1 aromatic carbocycles. The molecule has 1 amide bonds. The predicted octanol–water partition coefficient (Wildman–Crippen LogP) is 2.57. The molecule has 0 aliphatic carbocycles. The fourth-order valence-electron chi connectivity index (χ4n) is 1.07. The van der Waals surface area contributed by atoms with Crippen LogP contribution in [-0.4, -0.2) is 25.9 Å². The Kier molecular flexibility index (Phi) is 5.37. The molecule has 1 aromatic rings. The minimum Gasteiger partial charge on any atom is -0.478 e. The van der Waals surface area contributed by atoms with Gasteiger partial charge in [-0.15, -0.1) is 0 Å². The molecule has 0 spiro atoms. The van der Waals surface area contributed by atoms with Gasteiger partial charge in [0.1, 0.15) is 0 Å². The minimum absolute atomic E-state index is 0.0699. The molecule has 19 heavy (non-hydrogen) atoms. The quantitative estimate of drug-likeness (QED) is 0.569. The molecular formula is C10H7Cl3N2O3S. The van der Waals surface area contributed by atoms with Gasteiger partial charge < -0.3 is 10.4 Å². The summed E-state index contributed by atoms with van der Waals surface area (Å²) in [6.45, 7) is 0. The smallest absolute Gasteiger partial charge is 0.335 e. The molecule has 0 unspecified atom stereocenters. The number of carbonyl (C=O) groups excluding carboxylic acids is 1. The van der Waals surface area contributed by atoms with E-state index >= 15 is 0 Å². The van der Waals surface area contributed by atoms with Gasteiger partial charge in [0.2, 0.25) is 0 Å². The van der Waals surface area contributed by atoms with E-state index in [0.29, 0.717) is 5.69 Å². The summed E-state index contributed by atoms with van der Waals surface area (Å²) in [5, 5.41) is 13.5. The standard InChI is InChI=1S/C10H7Cl3N2O3S/c11-10(12,13)8(18)15-9(19)14-6-3-1-2-5(4-6)7(16)17/h1-4H,(H,16,17)(H2,14,15,18,19). The number of nitrogens with one attached hydrogen (secondary N) is 2. The SMILES string of the molecule is O=C(O)c1cccc(NC(=S)NC(=O)C(Cl)(Cl)Cl)c1. The van der Waals surface area contributed by atoms with Crippen LogP contribution in [0.25, 0.3) is 0 Å². The predicted molar refractivity (Wildman–Crippen MR) is 78.1 cm³/mol. The molecule has 0 aromatic heterocycles. The third kappa shape index (κ3) is 5.20. The fourth-order valence-corrected chi connectivity index (χ4v) is 1.42. The first-order valence-corrected chi connectivity index (χ1v) is 6.27. The Morgan fingerprint density at radius 2 is 1.89 bits per heavy atom. The molecule has 0 bridgehead atoms. The first-order chi connectivity index (χ1) is 8.70. The number of carbonyl (C=O) groups is 2. The van der Waals surface area contributed by atoms with Gasteiger partial charge >= 0.3 is 5.97 Å². The van der Waals surface area contributed by atoms with Gasteiger partial charge in [0, 0.05) is 5.69 Å². The topological polar surface area (TPSA) is 78.4 Å². The zero-order chi connectivity index (χ0) is 14.6. The average Bonchev–Trinajstić information content (AvgIpc) is 2.27. The van der Waals surface area contributed by atoms with Crippen LogP contribution in [0, 0.1) is 0 Å². The molecule has 3 N–H and O–H groups in total. The lowest BCUT2D eigenvalue weighted by molar-refractivity contribution is -0.118. The second-order valence-corrected chi connectivity index (χ2v) is 5.98. The molecule has 0 fully saturated rings. The molecule has 0 aliphatic heterocycles. The van der Waals surface area contributed by atoms with Crippen LogP contribution in [0.3, 0.4) is 0 Å². The summed E-state index contributed by atoms with van der Waals surface area (Å²) in [4.78, 5) is 22.1. The van der Waals surface area contributed by atoms with Crippen LogP contribution in [0.5, 0.6) is 0 Å². The summed E-state index contributed by atoms with van der Waals surface area (Å²) < 4.78 is -2.13. The molecule has 5 nitrogen and oxygen atoms in total. The number of aromatic carboxylic acids is 1. The lowest BCUT2D eigenvalue weighted by Crippen LogP contribution is -2.41. The number of rotatable bonds is 2. The number of carboxylic acids is 1. The van der Waals surface area contributed by atoms with E-state index in [1.165, 1.54) is 18.2 Å².